The van der Waals surface area contributed by atoms with Crippen LogP contribution in [0.2, 0.25) is 0 Å². The molecule has 2 unspecified atom stereocenters. The van der Waals surface area contributed by atoms with E-state index in [1.54, 1.807) is 0 Å². The van der Waals surface area contributed by atoms with Crippen LogP contribution >= 0.6 is 0 Å². The van der Waals surface area contributed by atoms with Crippen LogP contribution in [0, 0.1) is 0 Å². The molecule has 0 amide bonds. The van der Waals surface area contributed by atoms with Crippen LogP contribution in [0.25, 0.3) is 0 Å². The number of nitrogens with zero attached hydrogens (tertiary/aromatic N) is 1. The summed E-state index contributed by atoms with van der Waals surface area (Å²) in [4.78, 5) is 0. The first-order chi connectivity index (χ1) is 7.16. The molecule has 1 aliphatic carbocycles. The Morgan fingerprint density at radius 1 is 1.00 bits per heavy atom. The predicted molar refractivity (Wildman–Crippen MR) is 63.7 cm³/mol. The number of likely N-dealkylation sites (N-methyl/N-ethyl adjacent to an activating group) is 1. The second-order valence-electron chi connectivity index (χ2n) is 6.26. The summed E-state index contributed by atoms with van der Waals surface area (Å²) >= 11 is 0. The fourth-order valence-corrected chi connectivity index (χ4v) is 4.40. The number of fused-ring (bicyclic) bond motifs is 2. The molecule has 0 bridgehead atoms. The van der Waals surface area contributed by atoms with E-state index in [1.807, 2.05) is 11.1 Å². The molecule has 92 valence electrons. The van der Waals surface area contributed by atoms with Crippen LogP contribution in [0.1, 0.15) is 51.9 Å². The van der Waals surface area contributed by atoms with Crippen molar-refractivity contribution in [3.8, 4) is 0 Å². The fraction of sp³-hybridized carbons (Fsp3) is 0.857. The van der Waals surface area contributed by atoms with E-state index in [-0.39, 0.29) is 24.0 Å². The molecule has 0 aromatic carbocycles. The van der Waals surface area contributed by atoms with Crippen molar-refractivity contribution < 1.29 is 28.5 Å². The van der Waals surface area contributed by atoms with Crippen molar-refractivity contribution in [2.75, 3.05) is 20.1 Å². The molecule has 0 N–H and O–H groups in total. The summed E-state index contributed by atoms with van der Waals surface area (Å²) < 4.78 is 1.35. The molecule has 3 aliphatic rings. The Hall–Kier alpha value is 0.430. The summed E-state index contributed by atoms with van der Waals surface area (Å²) in [5, 5.41) is 0. The van der Waals surface area contributed by atoms with Gasteiger partial charge in [0.25, 0.3) is 0 Å². The Morgan fingerprint density at radius 2 is 1.81 bits per heavy atom. The van der Waals surface area contributed by atoms with Crippen molar-refractivity contribution in [3.63, 3.8) is 0 Å². The molecule has 0 spiro atoms. The number of halogens is 1. The normalized spacial score (nSPS) is 42.4. The van der Waals surface area contributed by atoms with Gasteiger partial charge in [-0.3, -0.25) is 0 Å². The van der Waals surface area contributed by atoms with Crippen LogP contribution in [-0.4, -0.2) is 30.2 Å². The van der Waals surface area contributed by atoms with E-state index in [2.05, 4.69) is 14.0 Å². The van der Waals surface area contributed by atoms with Gasteiger partial charge in [-0.15, -0.1) is 0 Å². The maximum atomic E-state index is 2.56. The van der Waals surface area contributed by atoms with E-state index >= 15 is 0 Å². The highest BCUT2D eigenvalue weighted by Gasteiger charge is 2.52. The van der Waals surface area contributed by atoms with Gasteiger partial charge in [-0.25, -0.2) is 0 Å². The minimum absolute atomic E-state index is 0. The first-order valence-corrected chi connectivity index (χ1v) is 6.72. The third-order valence-electron chi connectivity index (χ3n) is 5.65. The summed E-state index contributed by atoms with van der Waals surface area (Å²) in [6.07, 6.45) is 10.0. The van der Waals surface area contributed by atoms with Gasteiger partial charge in [-0.05, 0) is 44.6 Å². The highest BCUT2D eigenvalue weighted by Crippen LogP contribution is 2.49. The smallest absolute Gasteiger partial charge is 0.118 e. The summed E-state index contributed by atoms with van der Waals surface area (Å²) in [5.41, 5.74) is 4.27. The Balaban J connectivity index is 0.000000963. The van der Waals surface area contributed by atoms with Crippen LogP contribution in [0.3, 0.4) is 0 Å². The van der Waals surface area contributed by atoms with E-state index in [9.17, 15) is 0 Å². The van der Waals surface area contributed by atoms with Gasteiger partial charge in [0.05, 0.1) is 20.1 Å². The van der Waals surface area contributed by atoms with Gasteiger partial charge >= 0.3 is 0 Å². The SMILES string of the molecule is CC12CCCC[N+]1(C)CCC1=C2CCC1.[I-]. The molecule has 2 atom stereocenters. The lowest BCUT2D eigenvalue weighted by atomic mass is 9.74. The fourth-order valence-electron chi connectivity index (χ4n) is 4.40. The Kier molecular flexibility index (Phi) is 3.44. The van der Waals surface area contributed by atoms with Crippen molar-refractivity contribution in [1.82, 2.24) is 0 Å². The second-order valence-corrected chi connectivity index (χ2v) is 6.26. The molecular weight excluding hydrogens is 309 g/mol. The number of hydrogen-bond acceptors (Lipinski definition) is 0. The summed E-state index contributed by atoms with van der Waals surface area (Å²) in [6, 6.07) is 0. The highest BCUT2D eigenvalue weighted by molar-refractivity contribution is 5.30. The van der Waals surface area contributed by atoms with E-state index in [0.29, 0.717) is 5.54 Å². The van der Waals surface area contributed by atoms with Crippen LogP contribution in [-0.2, 0) is 0 Å². The summed E-state index contributed by atoms with van der Waals surface area (Å²) in [7, 11) is 2.52. The molecule has 3 rings (SSSR count). The topological polar surface area (TPSA) is 0 Å². The van der Waals surface area contributed by atoms with Crippen molar-refractivity contribution >= 4 is 0 Å². The molecule has 1 saturated heterocycles. The quantitative estimate of drug-likeness (QED) is 0.339. The molecular formula is C14H24IN. The lowest BCUT2D eigenvalue weighted by Crippen LogP contribution is -3.00. The third-order valence-corrected chi connectivity index (χ3v) is 5.65. The summed E-state index contributed by atoms with van der Waals surface area (Å²) in [6.45, 7) is 5.40. The molecule has 0 saturated carbocycles. The molecule has 2 aliphatic heterocycles. The van der Waals surface area contributed by atoms with E-state index in [4.69, 9.17) is 0 Å². The lowest BCUT2D eigenvalue weighted by molar-refractivity contribution is -0.958. The zero-order valence-corrected chi connectivity index (χ0v) is 12.8. The van der Waals surface area contributed by atoms with Crippen LogP contribution in [0.5, 0.6) is 0 Å². The molecule has 0 aromatic rings. The monoisotopic (exact) mass is 333 g/mol. The average Bonchev–Trinajstić information content (AvgIpc) is 2.68. The highest BCUT2D eigenvalue weighted by atomic mass is 127. The van der Waals surface area contributed by atoms with Crippen LogP contribution < -0.4 is 24.0 Å². The molecule has 2 heteroatoms. The zero-order valence-electron chi connectivity index (χ0n) is 10.7. The van der Waals surface area contributed by atoms with Crippen molar-refractivity contribution in [1.29, 1.82) is 0 Å². The molecule has 1 fully saturated rings. The van der Waals surface area contributed by atoms with Crippen molar-refractivity contribution in [2.45, 2.75) is 57.4 Å². The Morgan fingerprint density at radius 3 is 2.62 bits per heavy atom. The standard InChI is InChI=1S/C14H24N.HI/c1-14-9-3-4-10-15(14,2)11-8-12-6-5-7-13(12)14;/h3-11H2,1-2H3;1H/q+1;/p-1. The lowest BCUT2D eigenvalue weighted by Gasteiger charge is -2.56. The van der Waals surface area contributed by atoms with Gasteiger partial charge in [-0.2, -0.15) is 0 Å². The second kappa shape index (κ2) is 4.27. The number of quaternary nitrogens is 1. The average molecular weight is 333 g/mol. The zero-order chi connectivity index (χ0) is 10.5. The number of rotatable bonds is 0. The molecule has 0 radical (unpaired) electrons. The van der Waals surface area contributed by atoms with Gasteiger partial charge in [0.2, 0.25) is 0 Å². The summed E-state index contributed by atoms with van der Waals surface area (Å²) in [5.74, 6) is 0. The number of hydrogen-bond donors (Lipinski definition) is 0. The maximum absolute atomic E-state index is 2.56. The maximum Gasteiger partial charge on any atom is 0.118 e. The van der Waals surface area contributed by atoms with E-state index in [0.717, 1.165) is 0 Å². The van der Waals surface area contributed by atoms with Crippen molar-refractivity contribution in [3.05, 3.63) is 11.1 Å². The largest absolute Gasteiger partial charge is 1.00 e. The molecule has 0 aromatic heterocycles. The van der Waals surface area contributed by atoms with Gasteiger partial charge in [0.1, 0.15) is 5.54 Å². The molecule has 1 nitrogen and oxygen atoms in total. The predicted octanol–water partition coefficient (Wildman–Crippen LogP) is 0.264. The third kappa shape index (κ3) is 1.59. The van der Waals surface area contributed by atoms with Crippen LogP contribution in [0.4, 0.5) is 0 Å². The van der Waals surface area contributed by atoms with E-state index < -0.39 is 0 Å². The Labute approximate surface area is 117 Å². The minimum atomic E-state index is 0. The van der Waals surface area contributed by atoms with E-state index in [1.165, 1.54) is 62.5 Å². The molecule has 16 heavy (non-hydrogen) atoms. The Bertz CT molecular complexity index is 323. The first-order valence-electron chi connectivity index (χ1n) is 6.72. The first kappa shape index (κ1) is 12.9. The molecule has 2 heterocycles. The minimum Gasteiger partial charge on any atom is -1.00 e. The van der Waals surface area contributed by atoms with Gasteiger partial charge in [0.15, 0.2) is 0 Å². The number of piperidine rings is 1. The van der Waals surface area contributed by atoms with Crippen molar-refractivity contribution in [2.24, 2.45) is 0 Å². The van der Waals surface area contributed by atoms with Gasteiger partial charge in [0, 0.05) is 12.8 Å². The van der Waals surface area contributed by atoms with Gasteiger partial charge < -0.3 is 28.5 Å². The van der Waals surface area contributed by atoms with Gasteiger partial charge in [-0.1, -0.05) is 5.57 Å². The van der Waals surface area contributed by atoms with Crippen LogP contribution in [0.15, 0.2) is 11.1 Å².